The molecular formula is C2H5NO2. The van der Waals surface area contributed by atoms with Crippen molar-refractivity contribution in [3.05, 3.63) is 12.5 Å². The van der Waals surface area contributed by atoms with Crippen molar-refractivity contribution < 1.29 is 10.3 Å². The molecule has 3 N–H and O–H groups in total. The first-order valence-corrected chi connectivity index (χ1v) is 1.10. The van der Waals surface area contributed by atoms with E-state index >= 15 is 0 Å². The number of hydrogen-bond donors (Lipinski definition) is 3. The molecule has 3 nitrogen and oxygen atoms in total. The topological polar surface area (TPSA) is 52.5 Å². The fourth-order valence-corrected chi connectivity index (χ4v) is 0.0333. The summed E-state index contributed by atoms with van der Waals surface area (Å²) >= 11 is 0. The Labute approximate surface area is 29.5 Å². The van der Waals surface area contributed by atoms with Crippen molar-refractivity contribution in [3.8, 4) is 0 Å². The average Bonchev–Trinajstić information content (AvgIpc) is 1.41. The Morgan fingerprint density at radius 2 is 2.20 bits per heavy atom. The molecule has 0 aromatic carbocycles. The Balaban J connectivity index is 2.62. The second kappa shape index (κ2) is 3.30. The molecule has 0 aliphatic heterocycles. The van der Waals surface area contributed by atoms with Crippen LogP contribution in [0.5, 0.6) is 0 Å². The van der Waals surface area contributed by atoms with Gasteiger partial charge in [0.1, 0.15) is 0 Å². The van der Waals surface area contributed by atoms with E-state index in [1.807, 2.05) is 0 Å². The highest BCUT2D eigenvalue weighted by Gasteiger charge is 1.48. The predicted molar refractivity (Wildman–Crippen MR) is 16.7 cm³/mol. The minimum Gasteiger partial charge on any atom is -0.514 e. The molecule has 0 saturated carbocycles. The lowest BCUT2D eigenvalue weighted by molar-refractivity contribution is 0.211. The van der Waals surface area contributed by atoms with Crippen LogP contribution in [0, 0.1) is 0 Å². The van der Waals surface area contributed by atoms with E-state index in [-0.39, 0.29) is 0 Å². The van der Waals surface area contributed by atoms with Crippen molar-refractivity contribution in [1.82, 2.24) is 5.48 Å². The monoisotopic (exact) mass is 75.0 g/mol. The summed E-state index contributed by atoms with van der Waals surface area (Å²) in [5.41, 5.74) is 1.59. The van der Waals surface area contributed by atoms with Crippen molar-refractivity contribution in [2.75, 3.05) is 0 Å². The van der Waals surface area contributed by atoms with Gasteiger partial charge in [-0.25, -0.2) is 0 Å². The lowest BCUT2D eigenvalue weighted by atomic mass is 11.0. The molecule has 3 heteroatoms. The van der Waals surface area contributed by atoms with Crippen molar-refractivity contribution in [1.29, 1.82) is 0 Å². The van der Waals surface area contributed by atoms with E-state index in [1.54, 1.807) is 5.48 Å². The summed E-state index contributed by atoms with van der Waals surface area (Å²) in [6, 6.07) is 0. The van der Waals surface area contributed by atoms with Gasteiger partial charge in [0, 0.05) is 0 Å². The number of rotatable bonds is 1. The van der Waals surface area contributed by atoms with E-state index in [9.17, 15) is 0 Å². The fraction of sp³-hybridized carbons (Fsp3) is 0. The molecule has 0 aromatic rings. The highest BCUT2D eigenvalue weighted by atomic mass is 16.5. The van der Waals surface area contributed by atoms with Crippen LogP contribution in [0.3, 0.4) is 0 Å². The zero-order chi connectivity index (χ0) is 4.12. The molecule has 0 bridgehead atoms. The molecule has 0 heterocycles. The van der Waals surface area contributed by atoms with Gasteiger partial charge in [0.2, 0.25) is 0 Å². The van der Waals surface area contributed by atoms with Gasteiger partial charge in [-0.1, -0.05) is 0 Å². The lowest BCUT2D eigenvalue weighted by Crippen LogP contribution is -1.91. The van der Waals surface area contributed by atoms with Crippen molar-refractivity contribution in [3.63, 3.8) is 0 Å². The fourth-order valence-electron chi connectivity index (χ4n) is 0.0333. The van der Waals surface area contributed by atoms with Crippen molar-refractivity contribution in [2.24, 2.45) is 0 Å². The molecular weight excluding hydrogens is 70.0 g/mol. The van der Waals surface area contributed by atoms with E-state index in [1.165, 1.54) is 0 Å². The summed E-state index contributed by atoms with van der Waals surface area (Å²) in [6.07, 6.45) is 1.68. The van der Waals surface area contributed by atoms with Crippen LogP contribution in [0.2, 0.25) is 0 Å². The number of aliphatic hydroxyl groups excluding tert-OH is 1. The van der Waals surface area contributed by atoms with Crippen LogP contribution in [0.1, 0.15) is 0 Å². The van der Waals surface area contributed by atoms with Crippen LogP contribution >= 0.6 is 0 Å². The predicted octanol–water partition coefficient (Wildman–Crippen LogP) is -0.00560. The van der Waals surface area contributed by atoms with Crippen LogP contribution in [0.4, 0.5) is 0 Å². The summed E-state index contributed by atoms with van der Waals surface area (Å²) in [7, 11) is 0. The molecule has 0 amide bonds. The Morgan fingerprint density at radius 1 is 1.60 bits per heavy atom. The second-order valence-electron chi connectivity index (χ2n) is 0.445. The van der Waals surface area contributed by atoms with Crippen LogP contribution in [-0.2, 0) is 0 Å². The molecule has 30 valence electrons. The number of hydrogen-bond acceptors (Lipinski definition) is 3. The molecule has 0 rings (SSSR count). The quantitative estimate of drug-likeness (QED) is 0.303. The van der Waals surface area contributed by atoms with E-state index in [4.69, 9.17) is 10.3 Å². The molecule has 0 fully saturated rings. The highest BCUT2D eigenvalue weighted by molar-refractivity contribution is 4.59. The van der Waals surface area contributed by atoms with E-state index < -0.39 is 0 Å². The second-order valence-corrected chi connectivity index (χ2v) is 0.445. The number of nitrogens with one attached hydrogen (secondary N) is 1. The zero-order valence-corrected chi connectivity index (χ0v) is 2.55. The van der Waals surface area contributed by atoms with Gasteiger partial charge in [-0.3, -0.25) is 10.7 Å². The van der Waals surface area contributed by atoms with Crippen LogP contribution in [0.15, 0.2) is 12.5 Å². The summed E-state index contributed by atoms with van der Waals surface area (Å²) in [6.45, 7) is 0. The van der Waals surface area contributed by atoms with Gasteiger partial charge in [0.15, 0.2) is 0 Å². The molecule has 0 saturated heterocycles. The van der Waals surface area contributed by atoms with Gasteiger partial charge in [0.25, 0.3) is 0 Å². The molecule has 0 aliphatic rings. The Morgan fingerprint density at radius 3 is 2.20 bits per heavy atom. The molecule has 0 aromatic heterocycles. The van der Waals surface area contributed by atoms with Gasteiger partial charge in [-0.2, -0.15) is 0 Å². The van der Waals surface area contributed by atoms with Gasteiger partial charge in [-0.05, 0) is 0 Å². The third-order valence-electron chi connectivity index (χ3n) is 0.149. The maximum atomic E-state index is 7.66. The van der Waals surface area contributed by atoms with Crippen LogP contribution in [-0.4, -0.2) is 10.3 Å². The molecule has 5 heavy (non-hydrogen) atoms. The molecule has 0 spiro atoms. The van der Waals surface area contributed by atoms with E-state index in [2.05, 4.69) is 0 Å². The Bertz CT molecular complexity index is 34.6. The molecule has 0 unspecified atom stereocenters. The third kappa shape index (κ3) is 3.30. The maximum absolute atomic E-state index is 7.66. The van der Waals surface area contributed by atoms with E-state index in [0.29, 0.717) is 6.26 Å². The van der Waals surface area contributed by atoms with Gasteiger partial charge < -0.3 is 5.11 Å². The lowest BCUT2D eigenvalue weighted by Gasteiger charge is -1.73. The highest BCUT2D eigenvalue weighted by Crippen LogP contribution is 1.46. The normalized spacial score (nSPS) is 9.00. The van der Waals surface area contributed by atoms with E-state index in [0.717, 1.165) is 6.20 Å². The molecule has 0 atom stereocenters. The van der Waals surface area contributed by atoms with Crippen molar-refractivity contribution >= 4 is 0 Å². The summed E-state index contributed by atoms with van der Waals surface area (Å²) in [5, 5.41) is 15.2. The third-order valence-corrected chi connectivity index (χ3v) is 0.149. The molecule has 0 aliphatic carbocycles. The standard InChI is InChI=1S/C2H5NO2/c4-2-1-3-5/h1-5H. The number of hydroxylamine groups is 1. The smallest absolute Gasteiger partial charge is 0.0972 e. The number of aliphatic hydroxyl groups is 1. The average molecular weight is 75.1 g/mol. The van der Waals surface area contributed by atoms with Gasteiger partial charge >= 0.3 is 0 Å². The maximum Gasteiger partial charge on any atom is 0.0972 e. The zero-order valence-electron chi connectivity index (χ0n) is 2.55. The summed E-state index contributed by atoms with van der Waals surface area (Å²) in [4.78, 5) is 0. The first-order chi connectivity index (χ1) is 2.41. The molecule has 0 radical (unpaired) electrons. The minimum absolute atomic E-state index is 0.694. The summed E-state index contributed by atoms with van der Waals surface area (Å²) < 4.78 is 0. The SMILES string of the molecule is OC=CNO. The largest absolute Gasteiger partial charge is 0.514 e. The Hall–Kier alpha value is -0.700. The van der Waals surface area contributed by atoms with Gasteiger partial charge in [0.05, 0.1) is 12.5 Å². The van der Waals surface area contributed by atoms with Gasteiger partial charge in [-0.15, -0.1) is 0 Å². The Kier molecular flexibility index (Phi) is 2.84. The first kappa shape index (κ1) is 4.30. The van der Waals surface area contributed by atoms with Crippen LogP contribution < -0.4 is 5.48 Å². The van der Waals surface area contributed by atoms with Crippen molar-refractivity contribution in [2.45, 2.75) is 0 Å². The summed E-state index contributed by atoms with van der Waals surface area (Å²) in [5.74, 6) is 0. The first-order valence-electron chi connectivity index (χ1n) is 1.10. The minimum atomic E-state index is 0.694. The van der Waals surface area contributed by atoms with Crippen LogP contribution in [0.25, 0.3) is 0 Å².